The van der Waals surface area contributed by atoms with Crippen LogP contribution in [0.1, 0.15) is 46.2 Å². The molecule has 0 radical (unpaired) electrons. The van der Waals surface area contributed by atoms with E-state index >= 15 is 0 Å². The number of thiophene rings is 1. The number of carboxylic acids is 1. The summed E-state index contributed by atoms with van der Waals surface area (Å²) in [7, 11) is 0. The van der Waals surface area contributed by atoms with Crippen molar-refractivity contribution in [3.05, 3.63) is 44.9 Å². The number of aliphatic carboxylic acids is 1. The van der Waals surface area contributed by atoms with Crippen LogP contribution in [0, 0.1) is 0 Å². The van der Waals surface area contributed by atoms with Crippen LogP contribution < -0.4 is 0 Å². The molecule has 0 aromatic carbocycles. The first kappa shape index (κ1) is 14.4. The van der Waals surface area contributed by atoms with Crippen molar-refractivity contribution in [2.45, 2.75) is 31.7 Å². The normalized spacial score (nSPS) is 18.0. The Morgan fingerprint density at radius 3 is 2.71 bits per heavy atom. The molecular weight excluding hydrogens is 310 g/mol. The van der Waals surface area contributed by atoms with Gasteiger partial charge in [-0.1, -0.05) is 18.0 Å². The van der Waals surface area contributed by atoms with Gasteiger partial charge in [0.15, 0.2) is 0 Å². The van der Waals surface area contributed by atoms with Gasteiger partial charge in [-0.3, -0.25) is 9.59 Å². The van der Waals surface area contributed by atoms with Crippen LogP contribution in [0.4, 0.5) is 0 Å². The molecular formula is C15H14ClNO3S. The minimum atomic E-state index is -0.825. The van der Waals surface area contributed by atoms with Gasteiger partial charge in [0.2, 0.25) is 5.78 Å². The van der Waals surface area contributed by atoms with Gasteiger partial charge in [0, 0.05) is 12.2 Å². The number of aromatic nitrogens is 1. The molecule has 3 heterocycles. The van der Waals surface area contributed by atoms with Crippen LogP contribution in [0.15, 0.2) is 24.3 Å². The van der Waals surface area contributed by atoms with E-state index in [2.05, 4.69) is 0 Å². The minimum Gasteiger partial charge on any atom is -0.481 e. The summed E-state index contributed by atoms with van der Waals surface area (Å²) in [4.78, 5) is 24.6. The molecule has 0 spiro atoms. The fourth-order valence-electron chi connectivity index (χ4n) is 2.81. The van der Waals surface area contributed by atoms with E-state index in [1.807, 2.05) is 4.57 Å². The minimum absolute atomic E-state index is 0.0933. The lowest BCUT2D eigenvalue weighted by atomic mass is 10.0. The van der Waals surface area contributed by atoms with Crippen molar-refractivity contribution in [2.75, 3.05) is 0 Å². The molecule has 6 heteroatoms. The monoisotopic (exact) mass is 323 g/mol. The average molecular weight is 324 g/mol. The molecule has 0 bridgehead atoms. The number of carbonyl (C=O) groups excluding carboxylic acids is 1. The number of hydrogen-bond donors (Lipinski definition) is 1. The molecule has 1 aliphatic rings. The van der Waals surface area contributed by atoms with Gasteiger partial charge < -0.3 is 9.67 Å². The van der Waals surface area contributed by atoms with Crippen LogP contribution in [0.5, 0.6) is 0 Å². The smallest absolute Gasteiger partial charge is 0.312 e. The van der Waals surface area contributed by atoms with Gasteiger partial charge in [-0.05, 0) is 37.1 Å². The number of nitrogens with zero attached hydrogens (tertiary/aromatic N) is 1. The summed E-state index contributed by atoms with van der Waals surface area (Å²) < 4.78 is 2.44. The summed E-state index contributed by atoms with van der Waals surface area (Å²) in [5, 5.41) is 9.36. The maximum absolute atomic E-state index is 12.6. The van der Waals surface area contributed by atoms with Crippen LogP contribution in [-0.2, 0) is 11.3 Å². The highest BCUT2D eigenvalue weighted by atomic mass is 35.5. The predicted octanol–water partition coefficient (Wildman–Crippen LogP) is 3.79. The van der Waals surface area contributed by atoms with Gasteiger partial charge in [0.25, 0.3) is 0 Å². The van der Waals surface area contributed by atoms with Crippen molar-refractivity contribution in [1.29, 1.82) is 0 Å². The van der Waals surface area contributed by atoms with E-state index in [0.29, 0.717) is 27.9 Å². The molecule has 0 saturated carbocycles. The summed E-state index contributed by atoms with van der Waals surface area (Å²) in [6.07, 6.45) is 2.37. The van der Waals surface area contributed by atoms with E-state index in [1.165, 1.54) is 11.3 Å². The van der Waals surface area contributed by atoms with Crippen LogP contribution in [-0.4, -0.2) is 21.4 Å². The summed E-state index contributed by atoms with van der Waals surface area (Å²) in [6, 6.07) is 6.91. The Labute approximate surface area is 131 Å². The van der Waals surface area contributed by atoms with Gasteiger partial charge in [0.1, 0.15) is 0 Å². The standard InChI is InChI=1S/C15H14ClNO3S/c16-13-7-6-12(21-13)14(18)11-5-4-10-9(15(19)20)3-1-2-8-17(10)11/h4-7,9H,1-3,8H2,(H,19,20). The molecule has 3 rings (SSSR count). The van der Waals surface area contributed by atoms with Crippen LogP contribution in [0.3, 0.4) is 0 Å². The maximum Gasteiger partial charge on any atom is 0.312 e. The highest BCUT2D eigenvalue weighted by Gasteiger charge is 2.28. The van der Waals surface area contributed by atoms with E-state index in [4.69, 9.17) is 11.6 Å². The second kappa shape index (κ2) is 5.66. The van der Waals surface area contributed by atoms with Gasteiger partial charge >= 0.3 is 5.97 Å². The summed E-state index contributed by atoms with van der Waals surface area (Å²) in [6.45, 7) is 0.687. The zero-order chi connectivity index (χ0) is 15.0. The number of carboxylic acid groups (broad SMARTS) is 1. The Morgan fingerprint density at radius 1 is 1.24 bits per heavy atom. The summed E-state index contributed by atoms with van der Waals surface area (Å²) in [5.41, 5.74) is 1.28. The van der Waals surface area contributed by atoms with E-state index in [0.717, 1.165) is 18.5 Å². The first-order valence-corrected chi connectivity index (χ1v) is 7.99. The summed E-state index contributed by atoms with van der Waals surface area (Å²) in [5.74, 6) is -1.44. The number of fused-ring (bicyclic) bond motifs is 1. The molecule has 1 atom stereocenters. The second-order valence-corrected chi connectivity index (χ2v) is 6.83. The van der Waals surface area contributed by atoms with Crippen molar-refractivity contribution in [3.63, 3.8) is 0 Å². The number of carbonyl (C=O) groups is 2. The third-order valence-corrected chi connectivity index (χ3v) is 5.05. The topological polar surface area (TPSA) is 59.3 Å². The van der Waals surface area contributed by atoms with Crippen LogP contribution in [0.25, 0.3) is 0 Å². The van der Waals surface area contributed by atoms with Crippen molar-refractivity contribution >= 4 is 34.7 Å². The maximum atomic E-state index is 12.6. The molecule has 0 amide bonds. The number of ketones is 1. The first-order chi connectivity index (χ1) is 10.1. The SMILES string of the molecule is O=C(c1ccc(Cl)s1)c1ccc2n1CCCCC2C(=O)O. The summed E-state index contributed by atoms with van der Waals surface area (Å²) >= 11 is 7.13. The van der Waals surface area contributed by atoms with E-state index < -0.39 is 11.9 Å². The number of hydrogen-bond acceptors (Lipinski definition) is 3. The van der Waals surface area contributed by atoms with Crippen molar-refractivity contribution in [1.82, 2.24) is 4.57 Å². The Bertz CT molecular complexity index is 704. The third-order valence-electron chi connectivity index (χ3n) is 3.82. The first-order valence-electron chi connectivity index (χ1n) is 6.80. The average Bonchev–Trinajstić information content (AvgIpc) is 2.99. The Balaban J connectivity index is 2.02. The fourth-order valence-corrected chi connectivity index (χ4v) is 3.81. The molecule has 21 heavy (non-hydrogen) atoms. The Kier molecular flexibility index (Phi) is 3.87. The largest absolute Gasteiger partial charge is 0.481 e. The zero-order valence-corrected chi connectivity index (χ0v) is 12.8. The van der Waals surface area contributed by atoms with Crippen molar-refractivity contribution < 1.29 is 14.7 Å². The third kappa shape index (κ3) is 2.63. The van der Waals surface area contributed by atoms with Crippen LogP contribution in [0.2, 0.25) is 4.34 Å². The zero-order valence-electron chi connectivity index (χ0n) is 11.2. The van der Waals surface area contributed by atoms with Gasteiger partial charge in [-0.25, -0.2) is 0 Å². The highest BCUT2D eigenvalue weighted by molar-refractivity contribution is 7.18. The van der Waals surface area contributed by atoms with Crippen molar-refractivity contribution in [3.8, 4) is 0 Å². The van der Waals surface area contributed by atoms with Gasteiger partial charge in [0.05, 0.1) is 20.8 Å². The molecule has 0 saturated heterocycles. The number of rotatable bonds is 3. The Hall–Kier alpha value is -1.59. The fraction of sp³-hybridized carbons (Fsp3) is 0.333. The van der Waals surface area contributed by atoms with E-state index in [1.54, 1.807) is 24.3 Å². The molecule has 1 aliphatic heterocycles. The van der Waals surface area contributed by atoms with Gasteiger partial charge in [-0.15, -0.1) is 11.3 Å². The molecule has 0 aliphatic carbocycles. The molecule has 1 N–H and O–H groups in total. The number of halogens is 1. The van der Waals surface area contributed by atoms with Gasteiger partial charge in [-0.2, -0.15) is 0 Å². The quantitative estimate of drug-likeness (QED) is 0.874. The van der Waals surface area contributed by atoms with Crippen LogP contribution >= 0.6 is 22.9 Å². The second-order valence-electron chi connectivity index (χ2n) is 5.11. The predicted molar refractivity (Wildman–Crippen MR) is 81.4 cm³/mol. The molecule has 2 aromatic heterocycles. The van der Waals surface area contributed by atoms with E-state index in [9.17, 15) is 14.7 Å². The lowest BCUT2D eigenvalue weighted by molar-refractivity contribution is -0.139. The molecule has 4 nitrogen and oxygen atoms in total. The molecule has 2 aromatic rings. The lowest BCUT2D eigenvalue weighted by Crippen LogP contribution is -2.16. The Morgan fingerprint density at radius 2 is 2.05 bits per heavy atom. The molecule has 1 unspecified atom stereocenters. The molecule has 0 fully saturated rings. The molecule has 110 valence electrons. The lowest BCUT2D eigenvalue weighted by Gasteiger charge is -2.13. The van der Waals surface area contributed by atoms with Crippen molar-refractivity contribution in [2.24, 2.45) is 0 Å². The van der Waals surface area contributed by atoms with E-state index in [-0.39, 0.29) is 5.78 Å². The highest BCUT2D eigenvalue weighted by Crippen LogP contribution is 2.31.